The molecule has 1 aliphatic carbocycles. The van der Waals surface area contributed by atoms with E-state index in [4.69, 9.17) is 0 Å². The monoisotopic (exact) mass is 259 g/mol. The summed E-state index contributed by atoms with van der Waals surface area (Å²) in [7, 11) is 0. The van der Waals surface area contributed by atoms with Crippen LogP contribution in [0.3, 0.4) is 0 Å². The number of para-hydroxylation sites is 1. The third-order valence-corrected chi connectivity index (χ3v) is 3.44. The van der Waals surface area contributed by atoms with E-state index in [9.17, 15) is 9.59 Å². The molecule has 3 amide bonds. The van der Waals surface area contributed by atoms with Crippen LogP contribution >= 0.6 is 0 Å². The van der Waals surface area contributed by atoms with Crippen molar-refractivity contribution in [2.45, 2.75) is 18.9 Å². The van der Waals surface area contributed by atoms with Crippen molar-refractivity contribution in [3.05, 3.63) is 30.3 Å². The normalized spacial score (nSPS) is 18.8. The molecule has 3 rings (SSSR count). The molecular formula is C14H17N3O2. The van der Waals surface area contributed by atoms with E-state index in [1.54, 1.807) is 9.80 Å². The molecule has 0 radical (unpaired) electrons. The maximum Gasteiger partial charge on any atom is 0.325 e. The maximum absolute atomic E-state index is 12.2. The Morgan fingerprint density at radius 3 is 2.63 bits per heavy atom. The predicted octanol–water partition coefficient (Wildman–Crippen LogP) is 1.21. The van der Waals surface area contributed by atoms with Crippen LogP contribution in [0.25, 0.3) is 0 Å². The van der Waals surface area contributed by atoms with Crippen molar-refractivity contribution in [1.82, 2.24) is 10.2 Å². The summed E-state index contributed by atoms with van der Waals surface area (Å²) in [4.78, 5) is 27.2. The Bertz CT molecular complexity index is 485. The van der Waals surface area contributed by atoms with Crippen molar-refractivity contribution >= 4 is 17.6 Å². The number of anilines is 1. The van der Waals surface area contributed by atoms with Gasteiger partial charge >= 0.3 is 6.03 Å². The molecule has 0 unspecified atom stereocenters. The van der Waals surface area contributed by atoms with Gasteiger partial charge in [0.2, 0.25) is 5.91 Å². The lowest BCUT2D eigenvalue weighted by molar-refractivity contribution is -0.121. The van der Waals surface area contributed by atoms with Crippen LogP contribution in [0, 0.1) is 0 Å². The smallest absolute Gasteiger partial charge is 0.325 e. The van der Waals surface area contributed by atoms with E-state index in [1.165, 1.54) is 0 Å². The Morgan fingerprint density at radius 1 is 1.21 bits per heavy atom. The van der Waals surface area contributed by atoms with Gasteiger partial charge in [0.15, 0.2) is 0 Å². The molecule has 1 aliphatic heterocycles. The zero-order chi connectivity index (χ0) is 13.2. The zero-order valence-electron chi connectivity index (χ0n) is 10.7. The second kappa shape index (κ2) is 4.91. The molecule has 1 aromatic carbocycles. The van der Waals surface area contributed by atoms with Crippen LogP contribution in [0.5, 0.6) is 0 Å². The van der Waals surface area contributed by atoms with Crippen LogP contribution < -0.4 is 10.2 Å². The minimum Gasteiger partial charge on any atom is -0.352 e. The van der Waals surface area contributed by atoms with Gasteiger partial charge in [0.1, 0.15) is 6.54 Å². The molecule has 0 aromatic heterocycles. The number of amides is 3. The minimum atomic E-state index is -0.0860. The van der Waals surface area contributed by atoms with Gasteiger partial charge in [-0.25, -0.2) is 4.79 Å². The van der Waals surface area contributed by atoms with E-state index in [1.807, 2.05) is 30.3 Å². The Labute approximate surface area is 112 Å². The molecule has 2 aliphatic rings. The van der Waals surface area contributed by atoms with Crippen molar-refractivity contribution < 1.29 is 9.59 Å². The number of nitrogens with one attached hydrogen (secondary N) is 1. The highest BCUT2D eigenvalue weighted by atomic mass is 16.2. The highest BCUT2D eigenvalue weighted by Crippen LogP contribution is 2.20. The van der Waals surface area contributed by atoms with Gasteiger partial charge in [0.25, 0.3) is 0 Å². The molecule has 0 bridgehead atoms. The van der Waals surface area contributed by atoms with Crippen molar-refractivity contribution in [3.8, 4) is 0 Å². The molecular weight excluding hydrogens is 242 g/mol. The first-order valence-corrected chi connectivity index (χ1v) is 6.65. The molecule has 2 fully saturated rings. The second-order valence-electron chi connectivity index (χ2n) is 5.03. The van der Waals surface area contributed by atoms with Gasteiger partial charge in [0.05, 0.1) is 0 Å². The highest BCUT2D eigenvalue weighted by Gasteiger charge is 2.32. The average molecular weight is 259 g/mol. The quantitative estimate of drug-likeness (QED) is 0.883. The molecule has 1 saturated carbocycles. The molecule has 19 heavy (non-hydrogen) atoms. The fraction of sp³-hybridized carbons (Fsp3) is 0.429. The van der Waals surface area contributed by atoms with E-state index in [2.05, 4.69) is 5.32 Å². The van der Waals surface area contributed by atoms with E-state index < -0.39 is 0 Å². The number of urea groups is 1. The second-order valence-corrected chi connectivity index (χ2v) is 5.03. The Morgan fingerprint density at radius 2 is 1.95 bits per heavy atom. The summed E-state index contributed by atoms with van der Waals surface area (Å²) in [6.45, 7) is 1.41. The first-order valence-electron chi connectivity index (χ1n) is 6.65. The summed E-state index contributed by atoms with van der Waals surface area (Å²) in [6.07, 6.45) is 2.13. The van der Waals surface area contributed by atoms with Crippen molar-refractivity contribution in [2.75, 3.05) is 24.5 Å². The first kappa shape index (κ1) is 12.0. The number of hydrogen-bond acceptors (Lipinski definition) is 2. The number of nitrogens with zero attached hydrogens (tertiary/aromatic N) is 2. The van der Waals surface area contributed by atoms with Crippen LogP contribution in [0.2, 0.25) is 0 Å². The van der Waals surface area contributed by atoms with E-state index in [-0.39, 0.29) is 18.5 Å². The van der Waals surface area contributed by atoms with Crippen LogP contribution in [-0.2, 0) is 4.79 Å². The molecule has 100 valence electrons. The topological polar surface area (TPSA) is 52.7 Å². The Balaban J connectivity index is 1.60. The summed E-state index contributed by atoms with van der Waals surface area (Å²) in [5.41, 5.74) is 0.887. The SMILES string of the molecule is O=C(CN1CCN(c2ccccc2)C1=O)NC1CC1. The van der Waals surface area contributed by atoms with Crippen LogP contribution in [0.4, 0.5) is 10.5 Å². The number of rotatable bonds is 4. The minimum absolute atomic E-state index is 0.0502. The summed E-state index contributed by atoms with van der Waals surface area (Å²) in [5.74, 6) is -0.0502. The number of carbonyl (C=O) groups is 2. The molecule has 0 spiro atoms. The molecule has 5 heteroatoms. The maximum atomic E-state index is 12.2. The lowest BCUT2D eigenvalue weighted by atomic mass is 10.3. The number of carbonyl (C=O) groups excluding carboxylic acids is 2. The number of hydrogen-bond donors (Lipinski definition) is 1. The molecule has 1 heterocycles. The van der Waals surface area contributed by atoms with Gasteiger partial charge in [-0.2, -0.15) is 0 Å². The molecule has 1 saturated heterocycles. The third-order valence-electron chi connectivity index (χ3n) is 3.44. The number of benzene rings is 1. The summed E-state index contributed by atoms with van der Waals surface area (Å²) in [5, 5.41) is 2.90. The molecule has 1 N–H and O–H groups in total. The van der Waals surface area contributed by atoms with Gasteiger partial charge < -0.3 is 10.2 Å². The van der Waals surface area contributed by atoms with Crippen LogP contribution in [0.15, 0.2) is 30.3 Å². The highest BCUT2D eigenvalue weighted by molar-refractivity contribution is 5.96. The predicted molar refractivity (Wildman–Crippen MR) is 71.9 cm³/mol. The fourth-order valence-electron chi connectivity index (χ4n) is 2.25. The average Bonchev–Trinajstić information content (AvgIpc) is 3.15. The van der Waals surface area contributed by atoms with Crippen LogP contribution in [0.1, 0.15) is 12.8 Å². The van der Waals surface area contributed by atoms with E-state index in [0.29, 0.717) is 19.1 Å². The standard InChI is InChI=1S/C14H17N3O2/c18-13(15-11-6-7-11)10-16-8-9-17(14(16)19)12-4-2-1-3-5-12/h1-5,11H,6-10H2,(H,15,18). The molecule has 0 atom stereocenters. The molecule has 1 aromatic rings. The lowest BCUT2D eigenvalue weighted by Crippen LogP contribution is -2.40. The van der Waals surface area contributed by atoms with Crippen molar-refractivity contribution in [1.29, 1.82) is 0 Å². The first-order chi connectivity index (χ1) is 9.24. The van der Waals surface area contributed by atoms with E-state index in [0.717, 1.165) is 18.5 Å². The van der Waals surface area contributed by atoms with Crippen molar-refractivity contribution in [2.24, 2.45) is 0 Å². The van der Waals surface area contributed by atoms with Gasteiger partial charge in [-0.15, -0.1) is 0 Å². The van der Waals surface area contributed by atoms with Gasteiger partial charge in [-0.3, -0.25) is 9.69 Å². The van der Waals surface area contributed by atoms with Crippen molar-refractivity contribution in [3.63, 3.8) is 0 Å². The Hall–Kier alpha value is -2.04. The molecule has 5 nitrogen and oxygen atoms in total. The summed E-state index contributed by atoms with van der Waals surface area (Å²) >= 11 is 0. The third kappa shape index (κ3) is 2.70. The van der Waals surface area contributed by atoms with Gasteiger partial charge in [-0.05, 0) is 25.0 Å². The summed E-state index contributed by atoms with van der Waals surface area (Å²) in [6, 6.07) is 9.81. The van der Waals surface area contributed by atoms with E-state index >= 15 is 0 Å². The summed E-state index contributed by atoms with van der Waals surface area (Å²) < 4.78 is 0. The largest absolute Gasteiger partial charge is 0.352 e. The Kier molecular flexibility index (Phi) is 3.11. The zero-order valence-corrected chi connectivity index (χ0v) is 10.7. The van der Waals surface area contributed by atoms with Gasteiger partial charge in [-0.1, -0.05) is 18.2 Å². The van der Waals surface area contributed by atoms with Gasteiger partial charge in [0, 0.05) is 24.8 Å². The fourth-order valence-corrected chi connectivity index (χ4v) is 2.25. The van der Waals surface area contributed by atoms with Crippen LogP contribution in [-0.4, -0.2) is 42.5 Å². The lowest BCUT2D eigenvalue weighted by Gasteiger charge is -2.18.